The van der Waals surface area contributed by atoms with Crippen LogP contribution in [0.1, 0.15) is 39.5 Å². The lowest BCUT2D eigenvalue weighted by atomic mass is 9.77. The Kier molecular flexibility index (Phi) is 3.31. The van der Waals surface area contributed by atoms with Crippen molar-refractivity contribution in [2.75, 3.05) is 6.54 Å². The molecule has 1 amide bonds. The van der Waals surface area contributed by atoms with Gasteiger partial charge in [0.1, 0.15) is 0 Å². The van der Waals surface area contributed by atoms with Gasteiger partial charge in [-0.05, 0) is 31.6 Å². The van der Waals surface area contributed by atoms with Gasteiger partial charge >= 0.3 is 0 Å². The minimum absolute atomic E-state index is 0.0417. The molecule has 1 rings (SSSR count). The van der Waals surface area contributed by atoms with E-state index >= 15 is 0 Å². The summed E-state index contributed by atoms with van der Waals surface area (Å²) in [4.78, 5) is 11.0. The van der Waals surface area contributed by atoms with Crippen LogP contribution in [0.3, 0.4) is 0 Å². The van der Waals surface area contributed by atoms with Gasteiger partial charge in [0.15, 0.2) is 0 Å². The van der Waals surface area contributed by atoms with Gasteiger partial charge in [-0.2, -0.15) is 0 Å². The summed E-state index contributed by atoms with van der Waals surface area (Å²) < 4.78 is 0. The molecule has 0 saturated heterocycles. The largest absolute Gasteiger partial charge is 0.350 e. The molecule has 13 heavy (non-hydrogen) atoms. The highest BCUT2D eigenvalue weighted by atomic mass is 16.1. The van der Waals surface area contributed by atoms with E-state index in [0.717, 1.165) is 18.8 Å². The monoisotopic (exact) mass is 184 g/mol. The molecule has 0 radical (unpaired) electrons. The second-order valence-electron chi connectivity index (χ2n) is 4.35. The molecule has 3 nitrogen and oxygen atoms in total. The van der Waals surface area contributed by atoms with Crippen molar-refractivity contribution in [1.82, 2.24) is 5.32 Å². The molecule has 0 aliphatic heterocycles. The van der Waals surface area contributed by atoms with E-state index < -0.39 is 0 Å². The Morgan fingerprint density at radius 1 is 1.54 bits per heavy atom. The fraction of sp³-hybridized carbons (Fsp3) is 0.900. The standard InChI is InChI=1S/C10H20N2O/c1-8-3-5-10(7-11,6-4-8)12-9(2)13/h8H,3-7,11H2,1-2H3,(H,12,13). The molecule has 0 unspecified atom stereocenters. The maximum Gasteiger partial charge on any atom is 0.217 e. The quantitative estimate of drug-likeness (QED) is 0.673. The zero-order valence-corrected chi connectivity index (χ0v) is 8.60. The molecule has 1 aliphatic carbocycles. The predicted octanol–water partition coefficient (Wildman–Crippen LogP) is 1.03. The Morgan fingerprint density at radius 2 is 2.08 bits per heavy atom. The van der Waals surface area contributed by atoms with Crippen LogP contribution >= 0.6 is 0 Å². The Balaban J connectivity index is 2.55. The van der Waals surface area contributed by atoms with E-state index in [1.165, 1.54) is 12.8 Å². The number of amides is 1. The second-order valence-corrected chi connectivity index (χ2v) is 4.35. The van der Waals surface area contributed by atoms with E-state index in [9.17, 15) is 4.79 Å². The lowest BCUT2D eigenvalue weighted by Crippen LogP contribution is -2.54. The van der Waals surface area contributed by atoms with Crippen LogP contribution in [-0.2, 0) is 4.79 Å². The van der Waals surface area contributed by atoms with Crippen LogP contribution in [0.25, 0.3) is 0 Å². The van der Waals surface area contributed by atoms with E-state index in [4.69, 9.17) is 5.73 Å². The van der Waals surface area contributed by atoms with Crippen molar-refractivity contribution in [3.63, 3.8) is 0 Å². The highest BCUT2D eigenvalue weighted by Gasteiger charge is 2.33. The van der Waals surface area contributed by atoms with E-state index in [-0.39, 0.29) is 11.4 Å². The Labute approximate surface area is 80.1 Å². The van der Waals surface area contributed by atoms with Crippen LogP contribution in [0, 0.1) is 5.92 Å². The number of hydrogen-bond donors (Lipinski definition) is 2. The van der Waals surface area contributed by atoms with Crippen LogP contribution in [0.2, 0.25) is 0 Å². The first-order chi connectivity index (χ1) is 6.08. The highest BCUT2D eigenvalue weighted by molar-refractivity contribution is 5.73. The summed E-state index contributed by atoms with van der Waals surface area (Å²) in [5.74, 6) is 0.827. The van der Waals surface area contributed by atoms with Gasteiger partial charge in [-0.25, -0.2) is 0 Å². The van der Waals surface area contributed by atoms with Crippen molar-refractivity contribution in [3.8, 4) is 0 Å². The van der Waals surface area contributed by atoms with Crippen LogP contribution in [-0.4, -0.2) is 18.0 Å². The number of carbonyl (C=O) groups excluding carboxylic acids is 1. The van der Waals surface area contributed by atoms with Gasteiger partial charge in [-0.3, -0.25) is 4.79 Å². The normalized spacial score (nSPS) is 34.2. The molecule has 0 aromatic rings. The van der Waals surface area contributed by atoms with E-state index in [1.807, 2.05) is 0 Å². The minimum atomic E-state index is -0.0989. The molecule has 76 valence electrons. The van der Waals surface area contributed by atoms with E-state index in [1.54, 1.807) is 6.92 Å². The van der Waals surface area contributed by atoms with Gasteiger partial charge in [-0.1, -0.05) is 6.92 Å². The number of rotatable bonds is 2. The number of nitrogens with two attached hydrogens (primary N) is 1. The molecular formula is C10H20N2O. The summed E-state index contributed by atoms with van der Waals surface area (Å²) >= 11 is 0. The van der Waals surface area contributed by atoms with Crippen molar-refractivity contribution in [2.24, 2.45) is 11.7 Å². The zero-order valence-electron chi connectivity index (χ0n) is 8.60. The highest BCUT2D eigenvalue weighted by Crippen LogP contribution is 2.30. The van der Waals surface area contributed by atoms with Gasteiger partial charge in [0.05, 0.1) is 5.54 Å². The fourth-order valence-corrected chi connectivity index (χ4v) is 2.07. The molecule has 3 N–H and O–H groups in total. The van der Waals surface area contributed by atoms with Crippen LogP contribution < -0.4 is 11.1 Å². The van der Waals surface area contributed by atoms with Crippen LogP contribution in [0.4, 0.5) is 0 Å². The third kappa shape index (κ3) is 2.69. The number of hydrogen-bond acceptors (Lipinski definition) is 2. The molecule has 0 bridgehead atoms. The average Bonchev–Trinajstić information content (AvgIpc) is 2.09. The first-order valence-electron chi connectivity index (χ1n) is 5.07. The molecular weight excluding hydrogens is 164 g/mol. The van der Waals surface area contributed by atoms with E-state index in [2.05, 4.69) is 12.2 Å². The summed E-state index contributed by atoms with van der Waals surface area (Å²) in [6.07, 6.45) is 4.42. The molecule has 3 heteroatoms. The minimum Gasteiger partial charge on any atom is -0.350 e. The van der Waals surface area contributed by atoms with Crippen molar-refractivity contribution in [2.45, 2.75) is 45.1 Å². The Bertz CT molecular complexity index is 183. The number of nitrogens with one attached hydrogen (secondary N) is 1. The Morgan fingerprint density at radius 3 is 2.46 bits per heavy atom. The summed E-state index contributed by atoms with van der Waals surface area (Å²) in [7, 11) is 0. The first kappa shape index (κ1) is 10.5. The fourth-order valence-electron chi connectivity index (χ4n) is 2.07. The van der Waals surface area contributed by atoms with Gasteiger partial charge in [0.2, 0.25) is 5.91 Å². The van der Waals surface area contributed by atoms with Crippen molar-refractivity contribution < 1.29 is 4.79 Å². The predicted molar refractivity (Wildman–Crippen MR) is 53.2 cm³/mol. The summed E-state index contributed by atoms with van der Waals surface area (Å²) in [5.41, 5.74) is 5.62. The first-order valence-corrected chi connectivity index (χ1v) is 5.07. The topological polar surface area (TPSA) is 55.1 Å². The zero-order chi connectivity index (χ0) is 9.90. The van der Waals surface area contributed by atoms with Crippen molar-refractivity contribution >= 4 is 5.91 Å². The van der Waals surface area contributed by atoms with Crippen LogP contribution in [0.15, 0.2) is 0 Å². The maximum absolute atomic E-state index is 11.0. The molecule has 0 aromatic heterocycles. The van der Waals surface area contributed by atoms with E-state index in [0.29, 0.717) is 6.54 Å². The molecule has 0 spiro atoms. The molecule has 0 aromatic carbocycles. The lowest BCUT2D eigenvalue weighted by Gasteiger charge is -2.39. The molecule has 1 fully saturated rings. The summed E-state index contributed by atoms with van der Waals surface area (Å²) in [5, 5.41) is 3.00. The van der Waals surface area contributed by atoms with Crippen molar-refractivity contribution in [1.29, 1.82) is 0 Å². The Hall–Kier alpha value is -0.570. The van der Waals surface area contributed by atoms with Gasteiger partial charge in [-0.15, -0.1) is 0 Å². The summed E-state index contributed by atoms with van der Waals surface area (Å²) in [6, 6.07) is 0. The average molecular weight is 184 g/mol. The van der Waals surface area contributed by atoms with Crippen molar-refractivity contribution in [3.05, 3.63) is 0 Å². The van der Waals surface area contributed by atoms with Gasteiger partial charge < -0.3 is 11.1 Å². The number of carbonyl (C=O) groups is 1. The lowest BCUT2D eigenvalue weighted by molar-refractivity contribution is -0.121. The molecule has 0 atom stereocenters. The third-order valence-corrected chi connectivity index (χ3v) is 3.06. The third-order valence-electron chi connectivity index (χ3n) is 3.06. The molecule has 1 saturated carbocycles. The second kappa shape index (κ2) is 4.09. The molecule has 1 aliphatic rings. The maximum atomic E-state index is 11.0. The smallest absolute Gasteiger partial charge is 0.217 e. The van der Waals surface area contributed by atoms with Gasteiger partial charge in [0, 0.05) is 13.5 Å². The SMILES string of the molecule is CC(=O)NC1(CN)CCC(C)CC1. The molecule has 0 heterocycles. The summed E-state index contributed by atoms with van der Waals surface area (Å²) in [6.45, 7) is 4.39. The van der Waals surface area contributed by atoms with Crippen LogP contribution in [0.5, 0.6) is 0 Å². The van der Waals surface area contributed by atoms with Gasteiger partial charge in [0.25, 0.3) is 0 Å².